The van der Waals surface area contributed by atoms with Crippen molar-refractivity contribution >= 4 is 5.97 Å². The molecule has 8 heteroatoms. The first-order valence-electron chi connectivity index (χ1n) is 7.03. The Kier molecular flexibility index (Phi) is 4.41. The summed E-state index contributed by atoms with van der Waals surface area (Å²) in [4.78, 5) is 15.9. The topological polar surface area (TPSA) is 104 Å². The van der Waals surface area contributed by atoms with Gasteiger partial charge < -0.3 is 13.7 Å². The summed E-state index contributed by atoms with van der Waals surface area (Å²) in [5, 5.41) is 11.3. The first kappa shape index (κ1) is 14.9. The van der Waals surface area contributed by atoms with Crippen LogP contribution in [0.15, 0.2) is 39.3 Å². The average molecular weight is 314 g/mol. The number of ether oxygens (including phenoxy) is 1. The fraction of sp³-hybridized carbons (Fsp3) is 0.267. The fourth-order valence-corrected chi connectivity index (χ4v) is 1.88. The number of carbonyl (C=O) groups is 1. The number of nitrogens with zero attached hydrogens (tertiary/aromatic N) is 4. The van der Waals surface area contributed by atoms with Crippen LogP contribution in [0.4, 0.5) is 0 Å². The second-order valence-electron chi connectivity index (χ2n) is 4.75. The molecule has 0 saturated heterocycles. The van der Waals surface area contributed by atoms with Crippen LogP contribution in [0.5, 0.6) is 0 Å². The Morgan fingerprint density at radius 2 is 2.00 bits per heavy atom. The van der Waals surface area contributed by atoms with Crippen molar-refractivity contribution in [1.82, 2.24) is 20.3 Å². The number of aryl methyl sites for hydroxylation is 2. The molecule has 0 N–H and O–H groups in total. The second-order valence-corrected chi connectivity index (χ2v) is 4.75. The molecule has 0 bridgehead atoms. The molecule has 0 aliphatic carbocycles. The van der Waals surface area contributed by atoms with Crippen molar-refractivity contribution in [2.75, 3.05) is 0 Å². The molecule has 3 aromatic rings. The van der Waals surface area contributed by atoms with E-state index in [0.29, 0.717) is 24.0 Å². The monoisotopic (exact) mass is 314 g/mol. The van der Waals surface area contributed by atoms with Crippen molar-refractivity contribution < 1.29 is 18.5 Å². The van der Waals surface area contributed by atoms with Crippen LogP contribution in [0.3, 0.4) is 0 Å². The van der Waals surface area contributed by atoms with E-state index in [1.165, 1.54) is 0 Å². The molecule has 118 valence electrons. The molecule has 0 radical (unpaired) electrons. The van der Waals surface area contributed by atoms with Crippen LogP contribution in [0.2, 0.25) is 0 Å². The van der Waals surface area contributed by atoms with Crippen molar-refractivity contribution in [2.45, 2.75) is 26.4 Å². The van der Waals surface area contributed by atoms with Crippen molar-refractivity contribution in [3.05, 3.63) is 48.0 Å². The van der Waals surface area contributed by atoms with Crippen LogP contribution < -0.4 is 0 Å². The summed E-state index contributed by atoms with van der Waals surface area (Å²) in [7, 11) is 0. The Morgan fingerprint density at radius 1 is 1.17 bits per heavy atom. The second kappa shape index (κ2) is 6.82. The maximum atomic E-state index is 11.7. The van der Waals surface area contributed by atoms with E-state index < -0.39 is 5.97 Å². The highest BCUT2D eigenvalue weighted by molar-refractivity contribution is 5.69. The van der Waals surface area contributed by atoms with E-state index in [4.69, 9.17) is 13.7 Å². The van der Waals surface area contributed by atoms with Crippen LogP contribution in [0.1, 0.15) is 24.1 Å². The maximum Gasteiger partial charge on any atom is 0.306 e. The number of esters is 1. The van der Waals surface area contributed by atoms with Crippen molar-refractivity contribution in [1.29, 1.82) is 0 Å². The van der Waals surface area contributed by atoms with Gasteiger partial charge in [-0.15, -0.1) is 10.2 Å². The van der Waals surface area contributed by atoms with E-state index in [1.54, 1.807) is 6.92 Å². The number of hydrogen-bond acceptors (Lipinski definition) is 8. The zero-order valence-electron chi connectivity index (χ0n) is 12.4. The molecule has 0 spiro atoms. The van der Waals surface area contributed by atoms with Gasteiger partial charge in [0.1, 0.15) is 0 Å². The SMILES string of the molecule is Cc1nnc(COC(=O)CCc2nc(-c3ccccc3)no2)o1. The summed E-state index contributed by atoms with van der Waals surface area (Å²) >= 11 is 0. The molecule has 2 heterocycles. The average Bonchev–Trinajstić information content (AvgIpc) is 3.21. The predicted molar refractivity (Wildman–Crippen MR) is 76.9 cm³/mol. The van der Waals surface area contributed by atoms with Gasteiger partial charge in [0.15, 0.2) is 6.61 Å². The van der Waals surface area contributed by atoms with Gasteiger partial charge in [0.05, 0.1) is 6.42 Å². The summed E-state index contributed by atoms with van der Waals surface area (Å²) in [5.74, 6) is 1.17. The summed E-state index contributed by atoms with van der Waals surface area (Å²) < 4.78 is 15.3. The molecule has 23 heavy (non-hydrogen) atoms. The quantitative estimate of drug-likeness (QED) is 0.637. The fourth-order valence-electron chi connectivity index (χ4n) is 1.88. The van der Waals surface area contributed by atoms with Gasteiger partial charge in [0.2, 0.25) is 17.6 Å². The molecular formula is C15H14N4O4. The summed E-state index contributed by atoms with van der Waals surface area (Å²) in [6.07, 6.45) is 0.436. The molecule has 8 nitrogen and oxygen atoms in total. The van der Waals surface area contributed by atoms with Gasteiger partial charge in [-0.2, -0.15) is 4.98 Å². The van der Waals surface area contributed by atoms with Crippen LogP contribution in [-0.2, 0) is 22.6 Å². The zero-order chi connectivity index (χ0) is 16.1. The molecule has 0 unspecified atom stereocenters. The van der Waals surface area contributed by atoms with Gasteiger partial charge in [-0.1, -0.05) is 35.5 Å². The minimum absolute atomic E-state index is 0.0429. The standard InChI is InChI=1S/C15H14N4O4/c1-10-17-18-13(22-10)9-21-14(20)8-7-12-16-15(19-23-12)11-5-3-2-4-6-11/h2-6H,7-9H2,1H3. The van der Waals surface area contributed by atoms with Gasteiger partial charge >= 0.3 is 5.97 Å². The molecule has 3 rings (SSSR count). The van der Waals surface area contributed by atoms with Crippen molar-refractivity contribution in [3.63, 3.8) is 0 Å². The van der Waals surface area contributed by atoms with E-state index in [2.05, 4.69) is 20.3 Å². The lowest BCUT2D eigenvalue weighted by atomic mass is 10.2. The number of rotatable bonds is 6. The van der Waals surface area contributed by atoms with Gasteiger partial charge in [0.25, 0.3) is 5.89 Å². The predicted octanol–water partition coefficient (Wildman–Crippen LogP) is 2.10. The largest absolute Gasteiger partial charge is 0.456 e. The summed E-state index contributed by atoms with van der Waals surface area (Å²) in [5.41, 5.74) is 0.858. The minimum atomic E-state index is -0.402. The Hall–Kier alpha value is -3.03. The van der Waals surface area contributed by atoms with Gasteiger partial charge in [0, 0.05) is 18.9 Å². The number of benzene rings is 1. The maximum absolute atomic E-state index is 11.7. The number of aromatic nitrogens is 4. The van der Waals surface area contributed by atoms with Crippen LogP contribution in [0, 0.1) is 6.92 Å². The van der Waals surface area contributed by atoms with Crippen LogP contribution >= 0.6 is 0 Å². The van der Waals surface area contributed by atoms with Crippen LogP contribution in [-0.4, -0.2) is 26.3 Å². The highest BCUT2D eigenvalue weighted by Gasteiger charge is 2.12. The van der Waals surface area contributed by atoms with E-state index in [0.717, 1.165) is 5.56 Å². The third-order valence-corrected chi connectivity index (χ3v) is 2.97. The van der Waals surface area contributed by atoms with E-state index in [-0.39, 0.29) is 18.9 Å². The highest BCUT2D eigenvalue weighted by Crippen LogP contribution is 2.15. The molecule has 2 aromatic heterocycles. The van der Waals surface area contributed by atoms with Gasteiger partial charge in [-0.3, -0.25) is 4.79 Å². The van der Waals surface area contributed by atoms with Crippen LogP contribution in [0.25, 0.3) is 11.4 Å². The normalized spacial score (nSPS) is 10.7. The van der Waals surface area contributed by atoms with E-state index in [9.17, 15) is 4.79 Å². The molecule has 0 amide bonds. The Balaban J connectivity index is 1.48. The summed E-state index contributed by atoms with van der Waals surface area (Å²) in [6, 6.07) is 9.46. The third kappa shape index (κ3) is 4.00. The minimum Gasteiger partial charge on any atom is -0.456 e. The first-order valence-corrected chi connectivity index (χ1v) is 7.03. The van der Waals surface area contributed by atoms with Gasteiger partial charge in [-0.05, 0) is 0 Å². The molecule has 0 saturated carbocycles. The molecular weight excluding hydrogens is 300 g/mol. The van der Waals surface area contributed by atoms with Crippen molar-refractivity contribution in [3.8, 4) is 11.4 Å². The van der Waals surface area contributed by atoms with E-state index in [1.807, 2.05) is 30.3 Å². The van der Waals surface area contributed by atoms with Gasteiger partial charge in [-0.25, -0.2) is 0 Å². The Labute approximate surface area is 131 Å². The number of hydrogen-bond donors (Lipinski definition) is 0. The summed E-state index contributed by atoms with van der Waals surface area (Å²) in [6.45, 7) is 1.62. The lowest BCUT2D eigenvalue weighted by Crippen LogP contribution is -2.06. The highest BCUT2D eigenvalue weighted by atomic mass is 16.5. The lowest BCUT2D eigenvalue weighted by Gasteiger charge is -1.99. The molecule has 0 aliphatic rings. The number of carbonyl (C=O) groups excluding carboxylic acids is 1. The molecule has 1 aromatic carbocycles. The van der Waals surface area contributed by atoms with E-state index >= 15 is 0 Å². The Bertz CT molecular complexity index is 782. The van der Waals surface area contributed by atoms with Crippen molar-refractivity contribution in [2.24, 2.45) is 0 Å². The third-order valence-electron chi connectivity index (χ3n) is 2.97. The molecule has 0 fully saturated rings. The molecule has 0 aliphatic heterocycles. The zero-order valence-corrected chi connectivity index (χ0v) is 12.4. The lowest BCUT2D eigenvalue weighted by molar-refractivity contribution is -0.145. The Morgan fingerprint density at radius 3 is 2.74 bits per heavy atom. The first-order chi connectivity index (χ1) is 11.2. The smallest absolute Gasteiger partial charge is 0.306 e. The molecule has 0 atom stereocenters.